The molecule has 11 rings (SSSR count). The van der Waals surface area contributed by atoms with E-state index < -0.39 is 0 Å². The highest BCUT2D eigenvalue weighted by atomic mass is 16.3. The van der Waals surface area contributed by atoms with E-state index in [1.807, 2.05) is 36.4 Å². The Balaban J connectivity index is 0.998. The third-order valence-electron chi connectivity index (χ3n) is 11.7. The molecule has 0 amide bonds. The highest BCUT2D eigenvalue weighted by Gasteiger charge is 2.35. The van der Waals surface area contributed by atoms with Crippen molar-refractivity contribution in [3.05, 3.63) is 193 Å². The zero-order valence-corrected chi connectivity index (χ0v) is 31.1. The Morgan fingerprint density at radius 3 is 1.79 bits per heavy atom. The van der Waals surface area contributed by atoms with Gasteiger partial charge in [0.15, 0.2) is 5.82 Å². The lowest BCUT2D eigenvalue weighted by Crippen LogP contribution is -2.14. The zero-order valence-electron chi connectivity index (χ0n) is 31.1. The Bertz CT molecular complexity index is 3150. The van der Waals surface area contributed by atoms with E-state index >= 15 is 0 Å². The Morgan fingerprint density at radius 1 is 0.357 bits per heavy atom. The summed E-state index contributed by atoms with van der Waals surface area (Å²) in [5.41, 5.74) is 16.8. The summed E-state index contributed by atoms with van der Waals surface area (Å²) in [6.07, 6.45) is 0. The maximum Gasteiger partial charge on any atom is 0.160 e. The molecule has 0 bridgehead atoms. The second-order valence-corrected chi connectivity index (χ2v) is 15.4. The van der Waals surface area contributed by atoms with Gasteiger partial charge in [-0.1, -0.05) is 159 Å². The predicted molar refractivity (Wildman–Crippen MR) is 232 cm³/mol. The maximum absolute atomic E-state index is 6.16. The number of hydrogen-bond donors (Lipinski definition) is 0. The minimum atomic E-state index is -0.0306. The largest absolute Gasteiger partial charge is 0.456 e. The van der Waals surface area contributed by atoms with Crippen molar-refractivity contribution in [1.29, 1.82) is 0 Å². The third-order valence-corrected chi connectivity index (χ3v) is 11.7. The van der Waals surface area contributed by atoms with Gasteiger partial charge in [0.1, 0.15) is 11.2 Å². The molecular formula is C53H36N2O. The first-order chi connectivity index (χ1) is 27.5. The second-order valence-electron chi connectivity index (χ2n) is 15.4. The first kappa shape index (κ1) is 32.3. The fraction of sp³-hybridized carbons (Fsp3) is 0.0566. The zero-order chi connectivity index (χ0) is 37.4. The smallest absolute Gasteiger partial charge is 0.160 e. The van der Waals surface area contributed by atoms with Crippen molar-refractivity contribution >= 4 is 32.7 Å². The number of aromatic nitrogens is 2. The quantitative estimate of drug-likeness (QED) is 0.178. The summed E-state index contributed by atoms with van der Waals surface area (Å²) in [7, 11) is 0. The monoisotopic (exact) mass is 716 g/mol. The van der Waals surface area contributed by atoms with E-state index in [9.17, 15) is 0 Å². The van der Waals surface area contributed by atoms with E-state index in [4.69, 9.17) is 14.4 Å². The Labute approximate surface area is 325 Å². The van der Waals surface area contributed by atoms with Crippen LogP contribution in [0.15, 0.2) is 186 Å². The third kappa shape index (κ3) is 5.12. The van der Waals surface area contributed by atoms with Gasteiger partial charge >= 0.3 is 0 Å². The van der Waals surface area contributed by atoms with Crippen molar-refractivity contribution in [3.63, 3.8) is 0 Å². The predicted octanol–water partition coefficient (Wildman–Crippen LogP) is 14.2. The Hall–Kier alpha value is -7.10. The SMILES string of the molecule is CC1(C)c2ccccc2-c2ccc(-c3ccc(-c4ccc(-c5cc(-c6ccc7oc8ccccc8c7c6)nc(-c6ccccc6)n5)c5ccccc45)cc3)cc21. The number of nitrogens with zero attached hydrogens (tertiary/aromatic N) is 2. The van der Waals surface area contributed by atoms with Gasteiger partial charge in [-0.15, -0.1) is 0 Å². The van der Waals surface area contributed by atoms with Crippen molar-refractivity contribution in [1.82, 2.24) is 9.97 Å². The summed E-state index contributed by atoms with van der Waals surface area (Å²) in [5.74, 6) is 0.692. The number of benzene rings is 8. The molecule has 0 aliphatic heterocycles. The molecule has 56 heavy (non-hydrogen) atoms. The average molecular weight is 717 g/mol. The van der Waals surface area contributed by atoms with Crippen LogP contribution in [-0.2, 0) is 5.41 Å². The molecule has 264 valence electrons. The van der Waals surface area contributed by atoms with Crippen molar-refractivity contribution < 1.29 is 4.42 Å². The molecule has 2 aromatic heterocycles. The van der Waals surface area contributed by atoms with Crippen LogP contribution in [0.2, 0.25) is 0 Å². The summed E-state index contributed by atoms with van der Waals surface area (Å²) in [6, 6.07) is 64.9. The standard InChI is InChI=1S/C53H36N2O/c1-53(2)46-18-10-8-16-41(46)42-26-24-36(31-47(42)53)33-20-22-34(23-21-33)38-27-28-43(40-15-7-6-14-39(38)40)49-32-48(54-52(55-49)35-12-4-3-5-13-35)37-25-29-51-45(30-37)44-17-9-11-19-50(44)56-51/h3-32H,1-2H3. The molecule has 0 fully saturated rings. The molecule has 2 heterocycles. The summed E-state index contributed by atoms with van der Waals surface area (Å²) in [5, 5.41) is 4.50. The van der Waals surface area contributed by atoms with Crippen molar-refractivity contribution in [2.75, 3.05) is 0 Å². The minimum Gasteiger partial charge on any atom is -0.456 e. The topological polar surface area (TPSA) is 38.9 Å². The van der Waals surface area contributed by atoms with Crippen LogP contribution in [0.5, 0.6) is 0 Å². The first-order valence-electron chi connectivity index (χ1n) is 19.2. The van der Waals surface area contributed by atoms with Gasteiger partial charge in [0.05, 0.1) is 11.4 Å². The van der Waals surface area contributed by atoms with Gasteiger partial charge in [-0.25, -0.2) is 9.97 Å². The van der Waals surface area contributed by atoms with Crippen LogP contribution in [0.4, 0.5) is 0 Å². The molecule has 3 nitrogen and oxygen atoms in total. The number of hydrogen-bond acceptors (Lipinski definition) is 3. The Kier molecular flexibility index (Phi) is 7.20. The van der Waals surface area contributed by atoms with Crippen LogP contribution < -0.4 is 0 Å². The molecule has 0 radical (unpaired) electrons. The number of para-hydroxylation sites is 1. The molecule has 0 unspecified atom stereocenters. The summed E-state index contributed by atoms with van der Waals surface area (Å²) < 4.78 is 6.16. The van der Waals surface area contributed by atoms with Crippen LogP contribution in [0.3, 0.4) is 0 Å². The summed E-state index contributed by atoms with van der Waals surface area (Å²) in [6.45, 7) is 4.68. The Morgan fingerprint density at radius 2 is 0.946 bits per heavy atom. The van der Waals surface area contributed by atoms with Crippen molar-refractivity contribution in [2.24, 2.45) is 0 Å². The number of rotatable bonds is 5. The lowest BCUT2D eigenvalue weighted by molar-refractivity contribution is 0.660. The highest BCUT2D eigenvalue weighted by Crippen LogP contribution is 2.49. The lowest BCUT2D eigenvalue weighted by atomic mass is 9.81. The molecule has 3 heteroatoms. The molecule has 0 atom stereocenters. The molecule has 1 aliphatic rings. The van der Waals surface area contributed by atoms with Gasteiger partial charge in [-0.05, 0) is 91.7 Å². The summed E-state index contributed by atoms with van der Waals surface area (Å²) >= 11 is 0. The van der Waals surface area contributed by atoms with Crippen molar-refractivity contribution in [3.8, 4) is 67.3 Å². The van der Waals surface area contributed by atoms with E-state index in [1.54, 1.807) is 0 Å². The molecule has 0 saturated heterocycles. The molecule has 0 spiro atoms. The van der Waals surface area contributed by atoms with Gasteiger partial charge in [0.25, 0.3) is 0 Å². The maximum atomic E-state index is 6.16. The van der Waals surface area contributed by atoms with Gasteiger partial charge in [0.2, 0.25) is 0 Å². The first-order valence-corrected chi connectivity index (χ1v) is 19.2. The minimum absolute atomic E-state index is 0.0306. The van der Waals surface area contributed by atoms with E-state index in [1.165, 1.54) is 49.9 Å². The summed E-state index contributed by atoms with van der Waals surface area (Å²) in [4.78, 5) is 10.4. The van der Waals surface area contributed by atoms with Crippen molar-refractivity contribution in [2.45, 2.75) is 19.3 Å². The van der Waals surface area contributed by atoms with Gasteiger partial charge < -0.3 is 4.42 Å². The number of furan rings is 1. The fourth-order valence-electron chi connectivity index (χ4n) is 8.84. The van der Waals surface area contributed by atoms with Gasteiger partial charge in [-0.3, -0.25) is 0 Å². The molecule has 10 aromatic rings. The molecule has 0 N–H and O–H groups in total. The molecule has 8 aromatic carbocycles. The van der Waals surface area contributed by atoms with Crippen LogP contribution in [0, 0.1) is 0 Å². The van der Waals surface area contributed by atoms with Crippen LogP contribution in [0.1, 0.15) is 25.0 Å². The molecule has 0 saturated carbocycles. The fourth-order valence-corrected chi connectivity index (χ4v) is 8.84. The van der Waals surface area contributed by atoms with Crippen LogP contribution in [0.25, 0.3) is 100.0 Å². The molecule has 1 aliphatic carbocycles. The lowest BCUT2D eigenvalue weighted by Gasteiger charge is -2.22. The van der Waals surface area contributed by atoms with Crippen LogP contribution >= 0.6 is 0 Å². The average Bonchev–Trinajstić information content (AvgIpc) is 3.74. The van der Waals surface area contributed by atoms with Gasteiger partial charge in [-0.2, -0.15) is 0 Å². The van der Waals surface area contributed by atoms with E-state index in [0.717, 1.165) is 55.4 Å². The number of fused-ring (bicyclic) bond motifs is 7. The second kappa shape index (κ2) is 12.5. The van der Waals surface area contributed by atoms with Gasteiger partial charge in [0, 0.05) is 32.9 Å². The normalized spacial score (nSPS) is 13.0. The molecular weight excluding hydrogens is 681 g/mol. The van der Waals surface area contributed by atoms with E-state index in [-0.39, 0.29) is 5.41 Å². The van der Waals surface area contributed by atoms with E-state index in [2.05, 4.69) is 159 Å². The highest BCUT2D eigenvalue weighted by molar-refractivity contribution is 6.07. The van der Waals surface area contributed by atoms with Crippen LogP contribution in [-0.4, -0.2) is 9.97 Å². The van der Waals surface area contributed by atoms with E-state index in [0.29, 0.717) is 5.82 Å².